The first-order chi connectivity index (χ1) is 11.7. The molecule has 1 aromatic rings. The van der Waals surface area contributed by atoms with E-state index >= 15 is 0 Å². The smallest absolute Gasteiger partial charge is 0.405 e. The fraction of sp³-hybridized carbons (Fsp3) is 0.467. The number of benzene rings is 1. The molecule has 0 saturated carbocycles. The number of esters is 1. The lowest BCUT2D eigenvalue weighted by Gasteiger charge is -2.14. The number of methoxy groups -OCH3 is 3. The summed E-state index contributed by atoms with van der Waals surface area (Å²) in [5, 5.41) is 1.60. The van der Waals surface area contributed by atoms with Crippen LogP contribution in [0.5, 0.6) is 17.2 Å². The fourth-order valence-corrected chi connectivity index (χ4v) is 1.85. The van der Waals surface area contributed by atoms with Gasteiger partial charge >= 0.3 is 12.1 Å². The Morgan fingerprint density at radius 1 is 1.04 bits per heavy atom. The first-order valence-electron chi connectivity index (χ1n) is 6.98. The molecule has 10 heteroatoms. The van der Waals surface area contributed by atoms with E-state index in [1.54, 1.807) is 5.32 Å². The topological polar surface area (TPSA) is 83.1 Å². The molecule has 0 unspecified atom stereocenters. The first kappa shape index (κ1) is 20.4. The van der Waals surface area contributed by atoms with Gasteiger partial charge in [0.2, 0.25) is 5.75 Å². The Kier molecular flexibility index (Phi) is 7.34. The highest BCUT2D eigenvalue weighted by atomic mass is 19.4. The summed E-state index contributed by atoms with van der Waals surface area (Å²) in [4.78, 5) is 22.9. The lowest BCUT2D eigenvalue weighted by Crippen LogP contribution is -2.36. The van der Waals surface area contributed by atoms with E-state index in [0.717, 1.165) is 0 Å². The van der Waals surface area contributed by atoms with Crippen molar-refractivity contribution < 1.29 is 41.7 Å². The van der Waals surface area contributed by atoms with E-state index < -0.39 is 31.2 Å². The zero-order valence-electron chi connectivity index (χ0n) is 13.9. The molecule has 0 aliphatic carbocycles. The van der Waals surface area contributed by atoms with Crippen LogP contribution in [0.15, 0.2) is 12.1 Å². The summed E-state index contributed by atoms with van der Waals surface area (Å²) in [5.41, 5.74) is 0.454. The van der Waals surface area contributed by atoms with Crippen molar-refractivity contribution in [1.29, 1.82) is 0 Å². The average Bonchev–Trinajstić information content (AvgIpc) is 2.56. The molecule has 0 heterocycles. The fourth-order valence-electron chi connectivity index (χ4n) is 1.85. The number of hydrogen-bond donors (Lipinski definition) is 1. The molecule has 140 valence electrons. The number of nitrogens with one attached hydrogen (secondary N) is 1. The van der Waals surface area contributed by atoms with Gasteiger partial charge in [0, 0.05) is 0 Å². The third-order valence-corrected chi connectivity index (χ3v) is 2.92. The summed E-state index contributed by atoms with van der Waals surface area (Å²) in [5.74, 6) is -0.846. The monoisotopic (exact) mass is 365 g/mol. The quantitative estimate of drug-likeness (QED) is 0.703. The van der Waals surface area contributed by atoms with Crippen molar-refractivity contribution in [3.05, 3.63) is 17.7 Å². The Hall–Kier alpha value is -2.65. The maximum Gasteiger partial charge on any atom is 0.405 e. The molecular weight excluding hydrogens is 347 g/mol. The van der Waals surface area contributed by atoms with Crippen LogP contribution in [0.4, 0.5) is 13.2 Å². The van der Waals surface area contributed by atoms with E-state index in [1.807, 2.05) is 0 Å². The van der Waals surface area contributed by atoms with Crippen LogP contribution in [0.1, 0.15) is 5.56 Å². The number of carbonyl (C=O) groups is 2. The van der Waals surface area contributed by atoms with Crippen LogP contribution in [-0.2, 0) is 20.7 Å². The van der Waals surface area contributed by atoms with Crippen molar-refractivity contribution in [2.24, 2.45) is 0 Å². The second-order valence-electron chi connectivity index (χ2n) is 4.76. The molecule has 0 radical (unpaired) electrons. The predicted octanol–water partition coefficient (Wildman–Crippen LogP) is 1.48. The number of amides is 1. The van der Waals surface area contributed by atoms with Gasteiger partial charge in [-0.25, -0.2) is 0 Å². The molecule has 1 N–H and O–H groups in total. The highest BCUT2D eigenvalue weighted by Gasteiger charge is 2.27. The van der Waals surface area contributed by atoms with Gasteiger partial charge in [-0.1, -0.05) is 0 Å². The number of hydrogen-bond acceptors (Lipinski definition) is 6. The van der Waals surface area contributed by atoms with Gasteiger partial charge in [0.05, 0.1) is 27.8 Å². The summed E-state index contributed by atoms with van der Waals surface area (Å²) in [7, 11) is 4.24. The molecule has 0 aromatic heterocycles. The highest BCUT2D eigenvalue weighted by Crippen LogP contribution is 2.38. The third-order valence-electron chi connectivity index (χ3n) is 2.92. The molecule has 25 heavy (non-hydrogen) atoms. The Balaban J connectivity index is 2.64. The van der Waals surface area contributed by atoms with E-state index in [-0.39, 0.29) is 6.42 Å². The predicted molar refractivity (Wildman–Crippen MR) is 79.8 cm³/mol. The molecule has 1 amide bonds. The molecule has 1 aromatic carbocycles. The lowest BCUT2D eigenvalue weighted by atomic mass is 10.1. The second kappa shape index (κ2) is 9.00. The molecule has 1 rings (SSSR count). The van der Waals surface area contributed by atoms with Gasteiger partial charge in [0.1, 0.15) is 6.54 Å². The number of halogens is 3. The van der Waals surface area contributed by atoms with E-state index in [0.29, 0.717) is 22.8 Å². The van der Waals surface area contributed by atoms with Gasteiger partial charge in [0.15, 0.2) is 18.1 Å². The van der Waals surface area contributed by atoms with Crippen LogP contribution in [-0.4, -0.2) is 52.5 Å². The summed E-state index contributed by atoms with van der Waals surface area (Å²) in [6, 6.07) is 3.04. The summed E-state index contributed by atoms with van der Waals surface area (Å²) < 4.78 is 55.9. The van der Waals surface area contributed by atoms with Crippen LogP contribution in [0, 0.1) is 0 Å². The second-order valence-corrected chi connectivity index (χ2v) is 4.76. The van der Waals surface area contributed by atoms with Crippen LogP contribution in [0.2, 0.25) is 0 Å². The van der Waals surface area contributed by atoms with Crippen molar-refractivity contribution in [3.8, 4) is 17.2 Å². The normalized spacial score (nSPS) is 10.8. The van der Waals surface area contributed by atoms with Gasteiger partial charge in [-0.15, -0.1) is 0 Å². The van der Waals surface area contributed by atoms with Gasteiger partial charge in [0.25, 0.3) is 5.91 Å². The Labute approximate surface area is 142 Å². The van der Waals surface area contributed by atoms with Crippen molar-refractivity contribution >= 4 is 11.9 Å². The van der Waals surface area contributed by atoms with Crippen LogP contribution in [0.25, 0.3) is 0 Å². The van der Waals surface area contributed by atoms with E-state index in [1.165, 1.54) is 33.5 Å². The Bertz CT molecular complexity index is 593. The standard InChI is InChI=1S/C15H18F3NO6/c1-22-10-4-9(5-11(23-2)14(10)24-3)6-13(21)25-7-12(20)19-8-15(16,17)18/h4-5H,6-8H2,1-3H3,(H,19,20). The SMILES string of the molecule is COc1cc(CC(=O)OCC(=O)NCC(F)(F)F)cc(OC)c1OC. The van der Waals surface area contributed by atoms with E-state index in [9.17, 15) is 22.8 Å². The average molecular weight is 365 g/mol. The maximum atomic E-state index is 12.0. The van der Waals surface area contributed by atoms with Crippen molar-refractivity contribution in [1.82, 2.24) is 5.32 Å². The van der Waals surface area contributed by atoms with Crippen LogP contribution < -0.4 is 19.5 Å². The van der Waals surface area contributed by atoms with Crippen molar-refractivity contribution in [3.63, 3.8) is 0 Å². The zero-order chi connectivity index (χ0) is 19.0. The third kappa shape index (κ3) is 6.77. The number of carbonyl (C=O) groups excluding carboxylic acids is 2. The minimum absolute atomic E-state index is 0.233. The Morgan fingerprint density at radius 3 is 2.04 bits per heavy atom. The number of alkyl halides is 3. The largest absolute Gasteiger partial charge is 0.493 e. The molecule has 0 aliphatic heterocycles. The molecule has 0 aliphatic rings. The maximum absolute atomic E-state index is 12.0. The van der Waals surface area contributed by atoms with Gasteiger partial charge < -0.3 is 24.3 Å². The van der Waals surface area contributed by atoms with Crippen molar-refractivity contribution in [2.75, 3.05) is 34.5 Å². The van der Waals surface area contributed by atoms with Crippen LogP contribution >= 0.6 is 0 Å². The van der Waals surface area contributed by atoms with Gasteiger partial charge in [-0.05, 0) is 17.7 Å². The molecule has 0 atom stereocenters. The van der Waals surface area contributed by atoms with Gasteiger partial charge in [-0.2, -0.15) is 13.2 Å². The molecule has 0 spiro atoms. The highest BCUT2D eigenvalue weighted by molar-refractivity contribution is 5.81. The summed E-state index contributed by atoms with van der Waals surface area (Å²) in [6.45, 7) is -2.30. The number of rotatable bonds is 8. The summed E-state index contributed by atoms with van der Waals surface area (Å²) in [6.07, 6.45) is -4.76. The van der Waals surface area contributed by atoms with E-state index in [4.69, 9.17) is 14.2 Å². The molecule has 0 saturated heterocycles. The number of ether oxygens (including phenoxy) is 4. The molecule has 0 fully saturated rings. The molecule has 0 bridgehead atoms. The first-order valence-corrected chi connectivity index (χ1v) is 6.98. The minimum atomic E-state index is -4.53. The molecule has 7 nitrogen and oxygen atoms in total. The van der Waals surface area contributed by atoms with Crippen LogP contribution in [0.3, 0.4) is 0 Å². The lowest BCUT2D eigenvalue weighted by molar-refractivity contribution is -0.150. The summed E-state index contributed by atoms with van der Waals surface area (Å²) >= 11 is 0. The zero-order valence-corrected chi connectivity index (χ0v) is 13.9. The minimum Gasteiger partial charge on any atom is -0.493 e. The molecular formula is C15H18F3NO6. The Morgan fingerprint density at radius 2 is 1.60 bits per heavy atom. The van der Waals surface area contributed by atoms with Gasteiger partial charge in [-0.3, -0.25) is 9.59 Å². The van der Waals surface area contributed by atoms with Crippen molar-refractivity contribution in [2.45, 2.75) is 12.6 Å². The van der Waals surface area contributed by atoms with E-state index in [2.05, 4.69) is 4.74 Å².